The Morgan fingerprint density at radius 3 is 2.43 bits per heavy atom. The maximum absolute atomic E-state index is 14.0. The molecule has 4 heterocycles. The average molecular weight is 951 g/mol. The Labute approximate surface area is 398 Å². The number of hydrogen-bond donors (Lipinski definition) is 3. The molecular formula is C52H62N4O9S2. The van der Waals surface area contributed by atoms with Gasteiger partial charge in [-0.3, -0.25) is 4.98 Å². The molecule has 2 aliphatic heterocycles. The van der Waals surface area contributed by atoms with Gasteiger partial charge in [0.1, 0.15) is 11.9 Å². The zero-order chi connectivity index (χ0) is 47.5. The van der Waals surface area contributed by atoms with E-state index in [1.54, 1.807) is 48.0 Å². The number of amides is 1. The second-order valence-electron chi connectivity index (χ2n) is 19.3. The molecule has 0 radical (unpaired) electrons. The van der Waals surface area contributed by atoms with E-state index in [9.17, 15) is 23.1 Å². The van der Waals surface area contributed by atoms with Gasteiger partial charge in [0, 0.05) is 53.5 Å². The first kappa shape index (κ1) is 48.1. The first-order valence-corrected chi connectivity index (χ1v) is 25.4. The standard InChI is InChI=1S/C52H62N4O9S2/c1-33(2)31-56(67(60,61)41-14-12-40(62-6)13-15-41)25-20-39(55-50(59)65-45-32-64-52(5)44(45)21-26-63-52)27-34-7-10-38(11-8-34)54-30-37-28-36(35-18-23-53-24-19-35)9-16-42(37)48-47(49(57)58)43-29-51(3,4)22-17-46(43)66-48/h7-16,18-19,23-24,28,33,39,44-45,54H,17,20-22,25-27,29-32H2,1-6H3,(H,55,59)(H,57,58)/t39-,44+,45+,52-/m1/s1. The number of alkyl carbamates (subject to hydrolysis) is 1. The van der Waals surface area contributed by atoms with Crippen molar-refractivity contribution in [1.29, 1.82) is 0 Å². The van der Waals surface area contributed by atoms with Crippen LogP contribution >= 0.6 is 11.3 Å². The van der Waals surface area contributed by atoms with Gasteiger partial charge in [0.15, 0.2) is 5.79 Å². The van der Waals surface area contributed by atoms with E-state index in [2.05, 4.69) is 41.6 Å². The minimum Gasteiger partial charge on any atom is -0.497 e. The van der Waals surface area contributed by atoms with Crippen molar-refractivity contribution in [3.63, 3.8) is 0 Å². The summed E-state index contributed by atoms with van der Waals surface area (Å²) in [6.45, 7) is 11.9. The summed E-state index contributed by atoms with van der Waals surface area (Å²) < 4.78 is 52.5. The third-order valence-corrected chi connectivity index (χ3v) is 16.5. The number of methoxy groups -OCH3 is 1. The number of pyridine rings is 1. The maximum atomic E-state index is 14.0. The Morgan fingerprint density at radius 2 is 1.73 bits per heavy atom. The second kappa shape index (κ2) is 20.1. The van der Waals surface area contributed by atoms with Crippen LogP contribution in [-0.4, -0.2) is 86.2 Å². The van der Waals surface area contributed by atoms with E-state index >= 15 is 0 Å². The van der Waals surface area contributed by atoms with Gasteiger partial charge >= 0.3 is 12.1 Å². The molecule has 1 amide bonds. The van der Waals surface area contributed by atoms with Crippen molar-refractivity contribution in [2.75, 3.05) is 38.7 Å². The fraction of sp³-hybridized carbons (Fsp3) is 0.442. The van der Waals surface area contributed by atoms with Crippen LogP contribution < -0.4 is 15.4 Å². The molecule has 3 aromatic carbocycles. The molecular weight excluding hydrogens is 889 g/mol. The van der Waals surface area contributed by atoms with Crippen molar-refractivity contribution in [3.8, 4) is 27.3 Å². The monoisotopic (exact) mass is 950 g/mol. The highest BCUT2D eigenvalue weighted by atomic mass is 32.2. The van der Waals surface area contributed by atoms with Crippen molar-refractivity contribution in [2.45, 2.75) is 103 Å². The lowest BCUT2D eigenvalue weighted by Crippen LogP contribution is -2.43. The Kier molecular flexibility index (Phi) is 14.4. The lowest BCUT2D eigenvalue weighted by Gasteiger charge is -2.29. The van der Waals surface area contributed by atoms with Gasteiger partial charge in [-0.15, -0.1) is 11.3 Å². The van der Waals surface area contributed by atoms with Gasteiger partial charge in [-0.2, -0.15) is 4.31 Å². The van der Waals surface area contributed by atoms with E-state index in [1.807, 2.05) is 63.2 Å². The number of thiophene rings is 1. The van der Waals surface area contributed by atoms with Gasteiger partial charge < -0.3 is 34.7 Å². The summed E-state index contributed by atoms with van der Waals surface area (Å²) in [7, 11) is -2.34. The number of carboxylic acid groups (broad SMARTS) is 1. The Hall–Kier alpha value is -5.32. The van der Waals surface area contributed by atoms with E-state index in [4.69, 9.17) is 18.9 Å². The fourth-order valence-electron chi connectivity index (χ4n) is 9.65. The summed E-state index contributed by atoms with van der Waals surface area (Å²) in [5.74, 6) is -1.15. The lowest BCUT2D eigenvalue weighted by atomic mass is 9.76. The molecule has 5 aromatic rings. The molecule has 2 saturated heterocycles. The Bertz CT molecular complexity index is 2650. The van der Waals surface area contributed by atoms with Crippen LogP contribution in [0.5, 0.6) is 5.75 Å². The largest absolute Gasteiger partial charge is 0.497 e. The van der Waals surface area contributed by atoms with Crippen molar-refractivity contribution in [3.05, 3.63) is 118 Å². The van der Waals surface area contributed by atoms with Crippen LogP contribution in [0.1, 0.15) is 85.8 Å². The molecule has 0 bridgehead atoms. The fourth-order valence-corrected chi connectivity index (χ4v) is 12.6. The number of sulfonamides is 1. The normalized spacial score (nSPS) is 20.3. The average Bonchev–Trinajstić information content (AvgIpc) is 3.97. The van der Waals surface area contributed by atoms with E-state index in [0.29, 0.717) is 43.9 Å². The van der Waals surface area contributed by atoms with Gasteiger partial charge in [0.25, 0.3) is 0 Å². The highest BCUT2D eigenvalue weighted by Gasteiger charge is 2.53. The molecule has 3 N–H and O–H groups in total. The molecule has 0 unspecified atom stereocenters. The van der Waals surface area contributed by atoms with Crippen LogP contribution in [0.15, 0.2) is 96.2 Å². The first-order chi connectivity index (χ1) is 32.0. The number of rotatable bonds is 18. The molecule has 0 saturated carbocycles. The minimum atomic E-state index is -3.88. The minimum absolute atomic E-state index is 0.0296. The van der Waals surface area contributed by atoms with E-state index in [0.717, 1.165) is 74.5 Å². The number of benzene rings is 3. The summed E-state index contributed by atoms with van der Waals surface area (Å²) >= 11 is 1.61. The number of nitrogens with zero attached hydrogens (tertiary/aromatic N) is 2. The zero-order valence-electron chi connectivity index (χ0n) is 39.2. The molecule has 356 valence electrons. The van der Waals surface area contributed by atoms with Crippen LogP contribution in [-0.2, 0) is 50.0 Å². The smallest absolute Gasteiger partial charge is 0.407 e. The van der Waals surface area contributed by atoms with Gasteiger partial charge in [0.2, 0.25) is 10.0 Å². The summed E-state index contributed by atoms with van der Waals surface area (Å²) in [5, 5.41) is 17.3. The van der Waals surface area contributed by atoms with Crippen LogP contribution in [0.4, 0.5) is 10.5 Å². The van der Waals surface area contributed by atoms with Gasteiger partial charge in [-0.1, -0.05) is 52.0 Å². The van der Waals surface area contributed by atoms with Crippen molar-refractivity contribution in [2.24, 2.45) is 17.3 Å². The first-order valence-electron chi connectivity index (χ1n) is 23.2. The van der Waals surface area contributed by atoms with Crippen LogP contribution in [0.3, 0.4) is 0 Å². The number of carbonyl (C=O) groups is 2. The zero-order valence-corrected chi connectivity index (χ0v) is 40.8. The summed E-state index contributed by atoms with van der Waals surface area (Å²) in [6, 6.07) is 24.0. The predicted molar refractivity (Wildman–Crippen MR) is 260 cm³/mol. The lowest BCUT2D eigenvalue weighted by molar-refractivity contribution is -0.181. The molecule has 2 aromatic heterocycles. The number of nitrogens with one attached hydrogen (secondary N) is 2. The summed E-state index contributed by atoms with van der Waals surface area (Å²) in [4.78, 5) is 32.9. The number of anilines is 1. The molecule has 0 spiro atoms. The van der Waals surface area contributed by atoms with Crippen LogP contribution in [0.25, 0.3) is 21.6 Å². The number of aryl methyl sites for hydroxylation is 1. The molecule has 4 atom stereocenters. The van der Waals surface area contributed by atoms with Crippen LogP contribution in [0.2, 0.25) is 0 Å². The van der Waals surface area contributed by atoms with Crippen molar-refractivity contribution in [1.82, 2.24) is 14.6 Å². The third-order valence-electron chi connectivity index (χ3n) is 13.3. The van der Waals surface area contributed by atoms with Gasteiger partial charge in [-0.25, -0.2) is 18.0 Å². The summed E-state index contributed by atoms with van der Waals surface area (Å²) in [5.41, 5.74) is 7.07. The molecule has 2 fully saturated rings. The van der Waals surface area contributed by atoms with Gasteiger partial charge in [0.05, 0.1) is 36.7 Å². The van der Waals surface area contributed by atoms with E-state index in [1.165, 1.54) is 11.4 Å². The topological polar surface area (TPSA) is 166 Å². The van der Waals surface area contributed by atoms with Crippen LogP contribution in [0, 0.1) is 17.3 Å². The SMILES string of the molecule is COc1ccc(S(=O)(=O)N(CC[C@H](Cc2ccc(NCc3cc(-c4ccncc4)ccc3-c3sc4c(c3C(=O)O)CC(C)(C)CC4)cc2)NC(=O)O[C@H]2CO[C@@]3(C)OCC[C@@H]23)CC(C)C)cc1. The molecule has 13 nitrogen and oxygen atoms in total. The maximum Gasteiger partial charge on any atom is 0.407 e. The summed E-state index contributed by atoms with van der Waals surface area (Å²) in [6.07, 6.45) is 6.54. The number of fused-ring (bicyclic) bond motifs is 2. The molecule has 8 rings (SSSR count). The van der Waals surface area contributed by atoms with E-state index < -0.39 is 40.0 Å². The second-order valence-corrected chi connectivity index (χ2v) is 22.3. The number of ether oxygens (including phenoxy) is 4. The number of hydrogen-bond acceptors (Lipinski definition) is 11. The van der Waals surface area contributed by atoms with E-state index in [-0.39, 0.29) is 35.3 Å². The molecule has 3 aliphatic rings. The quantitative estimate of drug-likeness (QED) is 0.0766. The number of aromatic carboxylic acids is 1. The van der Waals surface area contributed by atoms with Gasteiger partial charge in [-0.05, 0) is 145 Å². The molecule has 67 heavy (non-hydrogen) atoms. The van der Waals surface area contributed by atoms with Crippen molar-refractivity contribution >= 4 is 39.1 Å². The third kappa shape index (κ3) is 11.0. The molecule has 1 aliphatic carbocycles. The molecule has 15 heteroatoms. The van der Waals surface area contributed by atoms with Crippen molar-refractivity contribution < 1.29 is 42.1 Å². The Morgan fingerprint density at radius 1 is 0.985 bits per heavy atom. The Balaban J connectivity index is 1.02. The number of aromatic nitrogens is 1. The number of carboxylic acids is 1. The highest BCUT2D eigenvalue weighted by Crippen LogP contribution is 2.47. The highest BCUT2D eigenvalue weighted by molar-refractivity contribution is 7.89. The number of carbonyl (C=O) groups excluding carboxylic acids is 1. The predicted octanol–water partition coefficient (Wildman–Crippen LogP) is 9.84.